The number of rotatable bonds is 1. The van der Waals surface area contributed by atoms with Gasteiger partial charge < -0.3 is 0 Å². The summed E-state index contributed by atoms with van der Waals surface area (Å²) in [7, 11) is 1.85. The molecule has 2 aromatic heterocycles. The van der Waals surface area contributed by atoms with Gasteiger partial charge in [0.25, 0.3) is 5.56 Å². The van der Waals surface area contributed by atoms with Gasteiger partial charge in [-0.3, -0.25) is 9.48 Å². The Morgan fingerprint density at radius 2 is 2.21 bits per heavy atom. The van der Waals surface area contributed by atoms with E-state index in [1.165, 1.54) is 6.07 Å². The Bertz CT molecular complexity index is 491. The molecule has 0 saturated heterocycles. The second-order valence-corrected chi connectivity index (χ2v) is 3.11. The van der Waals surface area contributed by atoms with E-state index in [1.807, 2.05) is 20.2 Å². The van der Waals surface area contributed by atoms with Crippen molar-refractivity contribution in [2.24, 2.45) is 7.05 Å². The first kappa shape index (κ1) is 8.68. The third-order valence-electron chi connectivity index (χ3n) is 1.97. The molecule has 0 aliphatic carbocycles. The summed E-state index contributed by atoms with van der Waals surface area (Å²) in [6, 6.07) is 3.14. The van der Waals surface area contributed by atoms with Crippen LogP contribution in [0.4, 0.5) is 0 Å². The fourth-order valence-corrected chi connectivity index (χ4v) is 1.35. The summed E-state index contributed by atoms with van der Waals surface area (Å²) in [5.74, 6) is 0. The highest BCUT2D eigenvalue weighted by Crippen LogP contribution is 2.17. The summed E-state index contributed by atoms with van der Waals surface area (Å²) in [6.07, 6.45) is 1.87. The van der Waals surface area contributed by atoms with Crippen molar-refractivity contribution in [3.05, 3.63) is 34.4 Å². The molecule has 0 atom stereocenters. The molecule has 0 aliphatic heterocycles. The standard InChI is InChI=1S/C9H10N4O/c1-6-7(5-13(2)12-6)8-3-4-9(14)11-10-8/h3-5H,1-2H3,(H,11,14). The van der Waals surface area contributed by atoms with Crippen LogP contribution in [0.5, 0.6) is 0 Å². The third-order valence-corrected chi connectivity index (χ3v) is 1.97. The van der Waals surface area contributed by atoms with E-state index in [1.54, 1.807) is 10.7 Å². The lowest BCUT2D eigenvalue weighted by Crippen LogP contribution is -2.05. The first-order valence-corrected chi connectivity index (χ1v) is 4.23. The summed E-state index contributed by atoms with van der Waals surface area (Å²) in [4.78, 5) is 10.8. The number of hydrogen-bond acceptors (Lipinski definition) is 3. The van der Waals surface area contributed by atoms with Gasteiger partial charge in [0.1, 0.15) is 0 Å². The molecule has 0 saturated carbocycles. The minimum absolute atomic E-state index is 0.199. The molecule has 14 heavy (non-hydrogen) atoms. The number of H-pyrrole nitrogens is 1. The van der Waals surface area contributed by atoms with Crippen molar-refractivity contribution in [3.63, 3.8) is 0 Å². The zero-order valence-electron chi connectivity index (χ0n) is 7.98. The SMILES string of the molecule is Cc1nn(C)cc1-c1ccc(=O)[nH]n1. The lowest BCUT2D eigenvalue weighted by Gasteiger charge is -1.94. The Hall–Kier alpha value is -1.91. The first-order chi connectivity index (χ1) is 6.66. The van der Waals surface area contributed by atoms with Crippen LogP contribution < -0.4 is 5.56 Å². The normalized spacial score (nSPS) is 10.4. The summed E-state index contributed by atoms with van der Waals surface area (Å²) < 4.78 is 1.72. The van der Waals surface area contributed by atoms with Crippen LogP contribution in [0.3, 0.4) is 0 Å². The Balaban J connectivity index is 2.54. The smallest absolute Gasteiger partial charge is 0.264 e. The predicted octanol–water partition coefficient (Wildman–Crippen LogP) is 0.479. The molecule has 1 N–H and O–H groups in total. The van der Waals surface area contributed by atoms with Crippen LogP contribution >= 0.6 is 0 Å². The van der Waals surface area contributed by atoms with Crippen LogP contribution in [0.2, 0.25) is 0 Å². The largest absolute Gasteiger partial charge is 0.275 e. The van der Waals surface area contributed by atoms with Crippen molar-refractivity contribution >= 4 is 0 Å². The molecular weight excluding hydrogens is 180 g/mol. The Kier molecular flexibility index (Phi) is 1.92. The van der Waals surface area contributed by atoms with Crippen molar-refractivity contribution in [1.82, 2.24) is 20.0 Å². The number of aromatic nitrogens is 4. The molecule has 0 aromatic carbocycles. The van der Waals surface area contributed by atoms with Crippen molar-refractivity contribution < 1.29 is 0 Å². The summed E-state index contributed by atoms with van der Waals surface area (Å²) in [5, 5.41) is 10.5. The molecule has 0 bridgehead atoms. The molecule has 5 nitrogen and oxygen atoms in total. The van der Waals surface area contributed by atoms with E-state index < -0.39 is 0 Å². The first-order valence-electron chi connectivity index (χ1n) is 4.23. The summed E-state index contributed by atoms with van der Waals surface area (Å²) >= 11 is 0. The zero-order chi connectivity index (χ0) is 10.1. The maximum atomic E-state index is 10.8. The van der Waals surface area contributed by atoms with Gasteiger partial charge in [-0.2, -0.15) is 10.2 Å². The van der Waals surface area contributed by atoms with E-state index in [4.69, 9.17) is 0 Å². The van der Waals surface area contributed by atoms with E-state index in [9.17, 15) is 4.79 Å². The van der Waals surface area contributed by atoms with Crippen LogP contribution in [-0.4, -0.2) is 20.0 Å². The molecule has 0 amide bonds. The average Bonchev–Trinajstić information content (AvgIpc) is 2.47. The highest BCUT2D eigenvalue weighted by atomic mass is 16.1. The van der Waals surface area contributed by atoms with E-state index in [2.05, 4.69) is 15.3 Å². The van der Waals surface area contributed by atoms with E-state index in [0.29, 0.717) is 0 Å². The molecule has 0 fully saturated rings. The van der Waals surface area contributed by atoms with Gasteiger partial charge in [-0.1, -0.05) is 0 Å². The predicted molar refractivity (Wildman–Crippen MR) is 51.8 cm³/mol. The minimum atomic E-state index is -0.199. The molecular formula is C9H10N4O. The van der Waals surface area contributed by atoms with Gasteiger partial charge in [0, 0.05) is 24.9 Å². The van der Waals surface area contributed by atoms with Crippen molar-refractivity contribution in [2.45, 2.75) is 6.92 Å². The van der Waals surface area contributed by atoms with Crippen LogP contribution in [0.1, 0.15) is 5.69 Å². The molecule has 0 spiro atoms. The summed E-state index contributed by atoms with van der Waals surface area (Å²) in [5.41, 5.74) is 2.36. The number of nitrogens with zero attached hydrogens (tertiary/aromatic N) is 3. The van der Waals surface area contributed by atoms with Crippen LogP contribution in [-0.2, 0) is 7.05 Å². The number of hydrogen-bond donors (Lipinski definition) is 1. The molecule has 0 radical (unpaired) electrons. The topological polar surface area (TPSA) is 63.6 Å². The monoisotopic (exact) mass is 190 g/mol. The molecule has 0 unspecified atom stereocenters. The van der Waals surface area contributed by atoms with Crippen LogP contribution in [0, 0.1) is 6.92 Å². The Labute approximate surface area is 80.4 Å². The maximum absolute atomic E-state index is 10.8. The minimum Gasteiger partial charge on any atom is -0.275 e. The second-order valence-electron chi connectivity index (χ2n) is 3.11. The molecule has 2 aromatic rings. The van der Waals surface area contributed by atoms with Gasteiger partial charge in [-0.25, -0.2) is 5.10 Å². The highest BCUT2D eigenvalue weighted by molar-refractivity contribution is 5.59. The molecule has 72 valence electrons. The van der Waals surface area contributed by atoms with E-state index in [-0.39, 0.29) is 5.56 Å². The Morgan fingerprint density at radius 3 is 2.71 bits per heavy atom. The van der Waals surface area contributed by atoms with Gasteiger partial charge in [-0.05, 0) is 13.0 Å². The van der Waals surface area contributed by atoms with Crippen LogP contribution in [0.25, 0.3) is 11.3 Å². The number of nitrogens with one attached hydrogen (secondary N) is 1. The van der Waals surface area contributed by atoms with Crippen LogP contribution in [0.15, 0.2) is 23.1 Å². The average molecular weight is 190 g/mol. The molecule has 2 rings (SSSR count). The zero-order valence-corrected chi connectivity index (χ0v) is 7.98. The van der Waals surface area contributed by atoms with Crippen molar-refractivity contribution in [1.29, 1.82) is 0 Å². The Morgan fingerprint density at radius 1 is 1.43 bits per heavy atom. The van der Waals surface area contributed by atoms with E-state index >= 15 is 0 Å². The number of aromatic amines is 1. The number of aryl methyl sites for hydroxylation is 2. The van der Waals surface area contributed by atoms with Gasteiger partial charge in [0.15, 0.2) is 0 Å². The highest BCUT2D eigenvalue weighted by Gasteiger charge is 2.06. The summed E-state index contributed by atoms with van der Waals surface area (Å²) in [6.45, 7) is 1.90. The van der Waals surface area contributed by atoms with Gasteiger partial charge in [0.2, 0.25) is 0 Å². The fraction of sp³-hybridized carbons (Fsp3) is 0.222. The lowest BCUT2D eigenvalue weighted by molar-refractivity contribution is 0.756. The van der Waals surface area contributed by atoms with Gasteiger partial charge in [0.05, 0.1) is 11.4 Å². The van der Waals surface area contributed by atoms with Gasteiger partial charge >= 0.3 is 0 Å². The quantitative estimate of drug-likeness (QED) is 0.711. The van der Waals surface area contributed by atoms with Crippen molar-refractivity contribution in [3.8, 4) is 11.3 Å². The fourth-order valence-electron chi connectivity index (χ4n) is 1.35. The van der Waals surface area contributed by atoms with E-state index in [0.717, 1.165) is 17.0 Å². The van der Waals surface area contributed by atoms with Crippen molar-refractivity contribution in [2.75, 3.05) is 0 Å². The molecule has 2 heterocycles. The maximum Gasteiger partial charge on any atom is 0.264 e. The second kappa shape index (κ2) is 3.10. The molecule has 0 aliphatic rings. The third kappa shape index (κ3) is 1.44. The van der Waals surface area contributed by atoms with Gasteiger partial charge in [-0.15, -0.1) is 0 Å². The molecule has 5 heteroatoms. The lowest BCUT2D eigenvalue weighted by atomic mass is 10.2.